The molecule has 23 heavy (non-hydrogen) atoms. The first-order chi connectivity index (χ1) is 10.5. The third kappa shape index (κ3) is 4.87. The molecule has 0 aliphatic rings. The standard InChI is InChI=1S/C13H14F3N3O4/c1-6(12(22)19-9(10(17)20)11(18)21)23-8-5-3-2-4-7(8)13(14,15)16/h2-6,9H,1H3,(H2,17,20)(H2,18,21)(H,19,22)/t6-/m0/s1. The smallest absolute Gasteiger partial charge is 0.419 e. The van der Waals surface area contributed by atoms with Crippen molar-refractivity contribution in [3.63, 3.8) is 0 Å². The predicted octanol–water partition coefficient (Wildman–Crippen LogP) is -0.0719. The van der Waals surface area contributed by atoms with Gasteiger partial charge >= 0.3 is 6.18 Å². The summed E-state index contributed by atoms with van der Waals surface area (Å²) in [6, 6.07) is 2.50. The number of nitrogens with two attached hydrogens (primary N) is 2. The number of carbonyl (C=O) groups is 3. The Bertz CT molecular complexity index is 605. The van der Waals surface area contributed by atoms with Gasteiger partial charge in [0.2, 0.25) is 11.8 Å². The van der Waals surface area contributed by atoms with Gasteiger partial charge in [-0.1, -0.05) is 12.1 Å². The van der Waals surface area contributed by atoms with Crippen LogP contribution in [0.5, 0.6) is 5.75 Å². The summed E-state index contributed by atoms with van der Waals surface area (Å²) in [6.07, 6.45) is -6.10. The number of hydrogen-bond donors (Lipinski definition) is 3. The van der Waals surface area contributed by atoms with E-state index in [-0.39, 0.29) is 0 Å². The van der Waals surface area contributed by atoms with E-state index in [4.69, 9.17) is 16.2 Å². The van der Waals surface area contributed by atoms with Crippen LogP contribution in [0.15, 0.2) is 24.3 Å². The molecule has 0 aliphatic heterocycles. The van der Waals surface area contributed by atoms with E-state index in [1.54, 1.807) is 0 Å². The summed E-state index contributed by atoms with van der Waals surface area (Å²) in [5.41, 5.74) is 8.68. The fourth-order valence-electron chi connectivity index (χ4n) is 1.59. The minimum atomic E-state index is -4.67. The third-order valence-corrected chi connectivity index (χ3v) is 2.72. The molecule has 0 spiro atoms. The third-order valence-electron chi connectivity index (χ3n) is 2.72. The molecule has 1 atom stereocenters. The molecule has 1 aromatic carbocycles. The molecular formula is C13H14F3N3O4. The molecule has 1 aromatic rings. The topological polar surface area (TPSA) is 125 Å². The largest absolute Gasteiger partial charge is 0.480 e. The van der Waals surface area contributed by atoms with Crippen LogP contribution in [0.2, 0.25) is 0 Å². The van der Waals surface area contributed by atoms with Gasteiger partial charge in [0.1, 0.15) is 5.75 Å². The van der Waals surface area contributed by atoms with Crippen LogP contribution in [0.25, 0.3) is 0 Å². The summed E-state index contributed by atoms with van der Waals surface area (Å²) in [5.74, 6) is -4.00. The van der Waals surface area contributed by atoms with Crippen LogP contribution in [0.1, 0.15) is 12.5 Å². The number of primary amides is 2. The van der Waals surface area contributed by atoms with Gasteiger partial charge in [0, 0.05) is 0 Å². The van der Waals surface area contributed by atoms with Gasteiger partial charge in [-0.25, -0.2) is 0 Å². The predicted molar refractivity (Wildman–Crippen MR) is 71.9 cm³/mol. The number of amides is 3. The van der Waals surface area contributed by atoms with Gasteiger partial charge in [-0.05, 0) is 19.1 Å². The molecule has 0 aromatic heterocycles. The summed E-state index contributed by atoms with van der Waals surface area (Å²) in [5, 5.41) is 1.90. The van der Waals surface area contributed by atoms with Gasteiger partial charge in [-0.2, -0.15) is 13.2 Å². The number of hydrogen-bond acceptors (Lipinski definition) is 4. The second-order valence-corrected chi connectivity index (χ2v) is 4.50. The molecule has 0 heterocycles. The zero-order chi connectivity index (χ0) is 17.8. The first-order valence-corrected chi connectivity index (χ1v) is 6.26. The number of halogens is 3. The van der Waals surface area contributed by atoms with Crippen molar-refractivity contribution in [1.29, 1.82) is 0 Å². The van der Waals surface area contributed by atoms with Crippen molar-refractivity contribution < 1.29 is 32.3 Å². The molecular weight excluding hydrogens is 319 g/mol. The number of nitrogens with one attached hydrogen (secondary N) is 1. The Balaban J connectivity index is 2.88. The quantitative estimate of drug-likeness (QED) is 0.630. The number of benzene rings is 1. The second kappa shape index (κ2) is 6.99. The lowest BCUT2D eigenvalue weighted by Crippen LogP contribution is -2.55. The molecule has 0 bridgehead atoms. The van der Waals surface area contributed by atoms with Crippen LogP contribution in [0.3, 0.4) is 0 Å². The molecule has 1 rings (SSSR count). The molecule has 0 radical (unpaired) electrons. The van der Waals surface area contributed by atoms with E-state index in [1.807, 2.05) is 5.32 Å². The molecule has 0 aliphatic carbocycles. The highest BCUT2D eigenvalue weighted by Gasteiger charge is 2.35. The van der Waals surface area contributed by atoms with E-state index in [0.29, 0.717) is 0 Å². The molecule has 5 N–H and O–H groups in total. The summed E-state index contributed by atoms with van der Waals surface area (Å²) >= 11 is 0. The Morgan fingerprint density at radius 2 is 1.65 bits per heavy atom. The lowest BCUT2D eigenvalue weighted by molar-refractivity contribution is -0.141. The minimum absolute atomic E-state index is 0.572. The van der Waals surface area contributed by atoms with Gasteiger partial charge in [-0.15, -0.1) is 0 Å². The fraction of sp³-hybridized carbons (Fsp3) is 0.308. The lowest BCUT2D eigenvalue weighted by atomic mass is 10.2. The maximum absolute atomic E-state index is 12.8. The van der Waals surface area contributed by atoms with Crippen molar-refractivity contribution >= 4 is 17.7 Å². The second-order valence-electron chi connectivity index (χ2n) is 4.50. The van der Waals surface area contributed by atoms with Crippen molar-refractivity contribution in [2.45, 2.75) is 25.2 Å². The Kier molecular flexibility index (Phi) is 5.55. The van der Waals surface area contributed by atoms with Crippen LogP contribution < -0.4 is 21.5 Å². The van der Waals surface area contributed by atoms with E-state index in [0.717, 1.165) is 25.1 Å². The number of para-hydroxylation sites is 1. The molecule has 10 heteroatoms. The average Bonchev–Trinajstić information content (AvgIpc) is 2.43. The van der Waals surface area contributed by atoms with Crippen molar-refractivity contribution in [2.24, 2.45) is 11.5 Å². The summed E-state index contributed by atoms with van der Waals surface area (Å²) in [7, 11) is 0. The van der Waals surface area contributed by atoms with Gasteiger partial charge in [0.15, 0.2) is 12.1 Å². The highest BCUT2D eigenvalue weighted by atomic mass is 19.4. The summed E-state index contributed by atoms with van der Waals surface area (Å²) in [6.45, 7) is 1.14. The Morgan fingerprint density at radius 1 is 1.13 bits per heavy atom. The monoisotopic (exact) mass is 333 g/mol. The maximum Gasteiger partial charge on any atom is 0.419 e. The van der Waals surface area contributed by atoms with Crippen molar-refractivity contribution in [3.05, 3.63) is 29.8 Å². The van der Waals surface area contributed by atoms with E-state index in [2.05, 4.69) is 0 Å². The zero-order valence-electron chi connectivity index (χ0n) is 11.9. The van der Waals surface area contributed by atoms with E-state index in [9.17, 15) is 27.6 Å². The van der Waals surface area contributed by atoms with Crippen LogP contribution >= 0.6 is 0 Å². The van der Waals surface area contributed by atoms with Crippen LogP contribution in [0, 0.1) is 0 Å². The Labute approximate surface area is 128 Å². The normalized spacial score (nSPS) is 12.6. The highest BCUT2D eigenvalue weighted by Crippen LogP contribution is 2.36. The van der Waals surface area contributed by atoms with Crippen LogP contribution in [-0.2, 0) is 20.6 Å². The van der Waals surface area contributed by atoms with Gasteiger partial charge in [0.25, 0.3) is 5.91 Å². The van der Waals surface area contributed by atoms with Crippen molar-refractivity contribution in [3.8, 4) is 5.75 Å². The van der Waals surface area contributed by atoms with E-state index < -0.39 is 47.4 Å². The summed E-state index contributed by atoms with van der Waals surface area (Å²) < 4.78 is 43.4. The Morgan fingerprint density at radius 3 is 2.13 bits per heavy atom. The first kappa shape index (κ1) is 18.3. The van der Waals surface area contributed by atoms with Gasteiger partial charge in [0.05, 0.1) is 5.56 Å². The minimum Gasteiger partial charge on any atom is -0.480 e. The van der Waals surface area contributed by atoms with Crippen LogP contribution in [-0.4, -0.2) is 29.9 Å². The maximum atomic E-state index is 12.8. The molecule has 0 unspecified atom stereocenters. The zero-order valence-corrected chi connectivity index (χ0v) is 11.9. The molecule has 3 amide bonds. The summed E-state index contributed by atoms with van der Waals surface area (Å²) in [4.78, 5) is 33.7. The average molecular weight is 333 g/mol. The lowest BCUT2D eigenvalue weighted by Gasteiger charge is -2.19. The SMILES string of the molecule is C[C@H](Oc1ccccc1C(F)(F)F)C(=O)NC(C(N)=O)C(N)=O. The number of alkyl halides is 3. The van der Waals surface area contributed by atoms with Gasteiger partial charge in [-0.3, -0.25) is 14.4 Å². The van der Waals surface area contributed by atoms with E-state index in [1.165, 1.54) is 6.07 Å². The van der Waals surface area contributed by atoms with E-state index >= 15 is 0 Å². The van der Waals surface area contributed by atoms with Crippen LogP contribution in [0.4, 0.5) is 13.2 Å². The number of ether oxygens (including phenoxy) is 1. The van der Waals surface area contributed by atoms with Gasteiger partial charge < -0.3 is 21.5 Å². The number of carbonyl (C=O) groups excluding carboxylic acids is 3. The molecule has 7 nitrogen and oxygen atoms in total. The van der Waals surface area contributed by atoms with Crippen molar-refractivity contribution in [2.75, 3.05) is 0 Å². The molecule has 126 valence electrons. The fourth-order valence-corrected chi connectivity index (χ4v) is 1.59. The number of rotatable bonds is 6. The first-order valence-electron chi connectivity index (χ1n) is 6.26. The molecule has 0 saturated carbocycles. The van der Waals surface area contributed by atoms with Crippen molar-refractivity contribution in [1.82, 2.24) is 5.32 Å². The molecule has 0 saturated heterocycles. The Hall–Kier alpha value is -2.78. The highest BCUT2D eigenvalue weighted by molar-refractivity contribution is 6.06. The molecule has 0 fully saturated rings.